The van der Waals surface area contributed by atoms with E-state index in [1.54, 1.807) is 0 Å². The Balaban J connectivity index is 2.19. The van der Waals surface area contributed by atoms with E-state index in [1.165, 1.54) is 22.9 Å². The van der Waals surface area contributed by atoms with Crippen LogP contribution in [0, 0.1) is 12.8 Å². The number of aryl methyl sites for hydroxylation is 1. The molecule has 0 fully saturated rings. The summed E-state index contributed by atoms with van der Waals surface area (Å²) >= 11 is 1.53. The first-order valence-electron chi connectivity index (χ1n) is 6.68. The Morgan fingerprint density at radius 3 is 2.55 bits per heavy atom. The van der Waals surface area contributed by atoms with Gasteiger partial charge in [-0.1, -0.05) is 43.7 Å². The highest BCUT2D eigenvalue weighted by molar-refractivity contribution is 7.99. The zero-order valence-corrected chi connectivity index (χ0v) is 13.0. The van der Waals surface area contributed by atoms with Crippen molar-refractivity contribution in [3.05, 3.63) is 35.4 Å². The van der Waals surface area contributed by atoms with Gasteiger partial charge < -0.3 is 0 Å². The molecule has 0 saturated heterocycles. The van der Waals surface area contributed by atoms with E-state index in [-0.39, 0.29) is 17.7 Å². The molecular weight excluding hydrogens is 272 g/mol. The Labute approximate surface area is 124 Å². The average molecular weight is 294 g/mol. The Bertz CT molecular complexity index is 461. The Morgan fingerprint density at radius 1 is 1.20 bits per heavy atom. The van der Waals surface area contributed by atoms with E-state index in [4.69, 9.17) is 0 Å². The van der Waals surface area contributed by atoms with Crippen LogP contribution in [-0.2, 0) is 15.3 Å². The van der Waals surface area contributed by atoms with Crippen LogP contribution in [-0.4, -0.2) is 17.6 Å². The fourth-order valence-corrected chi connectivity index (χ4v) is 2.44. The molecule has 1 rings (SSSR count). The maximum Gasteiger partial charge on any atom is 0.248 e. The first kappa shape index (κ1) is 16.6. The van der Waals surface area contributed by atoms with E-state index in [1.807, 2.05) is 39.0 Å². The molecule has 4 nitrogen and oxygen atoms in total. The lowest BCUT2D eigenvalue weighted by Crippen LogP contribution is -2.42. The number of rotatable bonds is 6. The van der Waals surface area contributed by atoms with Gasteiger partial charge in [0.05, 0.1) is 5.75 Å². The normalized spacial score (nSPS) is 10.4. The number of hydrogen-bond acceptors (Lipinski definition) is 3. The predicted octanol–water partition coefficient (Wildman–Crippen LogP) is 2.42. The summed E-state index contributed by atoms with van der Waals surface area (Å²) in [6.45, 7) is 5.96. The third-order valence-corrected chi connectivity index (χ3v) is 3.52. The van der Waals surface area contributed by atoms with Gasteiger partial charge in [-0.25, -0.2) is 0 Å². The number of amides is 2. The van der Waals surface area contributed by atoms with Crippen LogP contribution in [0.1, 0.15) is 31.4 Å². The second-order valence-corrected chi connectivity index (χ2v) is 6.16. The van der Waals surface area contributed by atoms with Crippen molar-refractivity contribution in [2.45, 2.75) is 32.9 Å². The minimum Gasteiger partial charge on any atom is -0.273 e. The van der Waals surface area contributed by atoms with Crippen LogP contribution in [0.25, 0.3) is 0 Å². The fraction of sp³-hybridized carbons (Fsp3) is 0.467. The number of carbonyl (C=O) groups excluding carboxylic acids is 2. The number of thioether (sulfide) groups is 1. The van der Waals surface area contributed by atoms with Crippen molar-refractivity contribution in [1.82, 2.24) is 10.9 Å². The molecule has 20 heavy (non-hydrogen) atoms. The van der Waals surface area contributed by atoms with Gasteiger partial charge in [0.25, 0.3) is 0 Å². The largest absolute Gasteiger partial charge is 0.273 e. The van der Waals surface area contributed by atoms with Crippen LogP contribution < -0.4 is 10.9 Å². The minimum atomic E-state index is -0.181. The first-order valence-corrected chi connectivity index (χ1v) is 7.84. The summed E-state index contributed by atoms with van der Waals surface area (Å²) in [6.07, 6.45) is 0.413. The van der Waals surface area contributed by atoms with Gasteiger partial charge in [-0.2, -0.15) is 0 Å². The van der Waals surface area contributed by atoms with E-state index >= 15 is 0 Å². The Kier molecular flexibility index (Phi) is 7.15. The van der Waals surface area contributed by atoms with Crippen molar-refractivity contribution >= 4 is 23.6 Å². The van der Waals surface area contributed by atoms with Gasteiger partial charge in [-0.3, -0.25) is 20.4 Å². The molecule has 0 radical (unpaired) electrons. The number of nitrogens with one attached hydrogen (secondary N) is 2. The summed E-state index contributed by atoms with van der Waals surface area (Å²) in [6, 6.07) is 8.21. The quantitative estimate of drug-likeness (QED) is 0.792. The van der Waals surface area contributed by atoms with Gasteiger partial charge in [-0.15, -0.1) is 11.8 Å². The van der Waals surface area contributed by atoms with Gasteiger partial charge >= 0.3 is 0 Å². The monoisotopic (exact) mass is 294 g/mol. The van der Waals surface area contributed by atoms with Gasteiger partial charge in [0.1, 0.15) is 0 Å². The van der Waals surface area contributed by atoms with E-state index in [9.17, 15) is 9.59 Å². The van der Waals surface area contributed by atoms with Crippen LogP contribution in [0.3, 0.4) is 0 Å². The molecule has 1 aromatic carbocycles. The molecule has 0 spiro atoms. The highest BCUT2D eigenvalue weighted by Gasteiger charge is 2.06. The molecule has 0 unspecified atom stereocenters. The molecule has 2 amide bonds. The lowest BCUT2D eigenvalue weighted by atomic mass is 10.1. The number of carbonyl (C=O) groups is 2. The van der Waals surface area contributed by atoms with E-state index < -0.39 is 0 Å². The number of hydrazine groups is 1. The van der Waals surface area contributed by atoms with Gasteiger partial charge in [0.15, 0.2) is 0 Å². The van der Waals surface area contributed by atoms with Crippen LogP contribution in [0.2, 0.25) is 0 Å². The molecule has 2 N–H and O–H groups in total. The third kappa shape index (κ3) is 7.19. The van der Waals surface area contributed by atoms with Crippen molar-refractivity contribution in [2.75, 3.05) is 5.75 Å². The van der Waals surface area contributed by atoms with Gasteiger partial charge in [-0.05, 0) is 18.4 Å². The molecule has 1 aromatic rings. The summed E-state index contributed by atoms with van der Waals surface area (Å²) in [5, 5.41) is 0. The third-order valence-electron chi connectivity index (χ3n) is 2.52. The SMILES string of the molecule is Cc1cccc(CSCC(=O)NNC(=O)CC(C)C)c1. The summed E-state index contributed by atoms with van der Waals surface area (Å²) in [7, 11) is 0. The van der Waals surface area contributed by atoms with Crippen molar-refractivity contribution in [2.24, 2.45) is 5.92 Å². The summed E-state index contributed by atoms with van der Waals surface area (Å²) in [5.41, 5.74) is 7.26. The zero-order chi connectivity index (χ0) is 15.0. The molecule has 0 saturated carbocycles. The minimum absolute atomic E-state index is 0.156. The summed E-state index contributed by atoms with van der Waals surface area (Å²) < 4.78 is 0. The second-order valence-electron chi connectivity index (χ2n) is 5.18. The lowest BCUT2D eigenvalue weighted by Gasteiger charge is -2.08. The van der Waals surface area contributed by atoms with Crippen LogP contribution in [0.5, 0.6) is 0 Å². The van der Waals surface area contributed by atoms with Gasteiger partial charge in [0, 0.05) is 12.2 Å². The molecule has 110 valence electrons. The average Bonchev–Trinajstić information content (AvgIpc) is 2.36. The molecule has 0 aromatic heterocycles. The molecule has 0 atom stereocenters. The van der Waals surface area contributed by atoms with Crippen LogP contribution in [0.4, 0.5) is 0 Å². The molecular formula is C15H22N2O2S. The lowest BCUT2D eigenvalue weighted by molar-refractivity contribution is -0.128. The molecule has 0 heterocycles. The first-order chi connectivity index (χ1) is 9.47. The van der Waals surface area contributed by atoms with Crippen molar-refractivity contribution in [3.63, 3.8) is 0 Å². The van der Waals surface area contributed by atoms with E-state index in [2.05, 4.69) is 16.9 Å². The van der Waals surface area contributed by atoms with Gasteiger partial charge in [0.2, 0.25) is 11.8 Å². The van der Waals surface area contributed by atoms with Crippen LogP contribution in [0.15, 0.2) is 24.3 Å². The standard InChI is InChI=1S/C15H22N2O2S/c1-11(2)7-14(18)16-17-15(19)10-20-9-13-6-4-5-12(3)8-13/h4-6,8,11H,7,9-10H2,1-3H3,(H,16,18)(H,17,19). The molecule has 0 bridgehead atoms. The predicted molar refractivity (Wildman–Crippen MR) is 83.1 cm³/mol. The smallest absolute Gasteiger partial charge is 0.248 e. The zero-order valence-electron chi connectivity index (χ0n) is 12.2. The van der Waals surface area contributed by atoms with E-state index in [0.717, 1.165) is 5.75 Å². The summed E-state index contributed by atoms with van der Waals surface area (Å²) in [5.74, 6) is 1.06. The van der Waals surface area contributed by atoms with E-state index in [0.29, 0.717) is 12.2 Å². The Hall–Kier alpha value is -1.49. The molecule has 0 aliphatic carbocycles. The maximum atomic E-state index is 11.5. The topological polar surface area (TPSA) is 58.2 Å². The highest BCUT2D eigenvalue weighted by Crippen LogP contribution is 2.12. The van der Waals surface area contributed by atoms with Crippen molar-refractivity contribution in [3.8, 4) is 0 Å². The van der Waals surface area contributed by atoms with Crippen LogP contribution >= 0.6 is 11.8 Å². The number of benzene rings is 1. The van der Waals surface area contributed by atoms with Crippen molar-refractivity contribution < 1.29 is 9.59 Å². The molecule has 0 aliphatic heterocycles. The molecule has 0 aliphatic rings. The van der Waals surface area contributed by atoms with Crippen molar-refractivity contribution in [1.29, 1.82) is 0 Å². The Morgan fingerprint density at radius 2 is 1.90 bits per heavy atom. The molecule has 5 heteroatoms. The maximum absolute atomic E-state index is 11.5. The second kappa shape index (κ2) is 8.64. The number of hydrogen-bond donors (Lipinski definition) is 2. The highest BCUT2D eigenvalue weighted by atomic mass is 32.2. The fourth-order valence-electron chi connectivity index (χ4n) is 1.66. The summed E-state index contributed by atoms with van der Waals surface area (Å²) in [4.78, 5) is 22.9.